The highest BCUT2D eigenvalue weighted by Crippen LogP contribution is 2.30. The van der Waals surface area contributed by atoms with E-state index in [2.05, 4.69) is 4.98 Å². The molecule has 2 aromatic rings. The van der Waals surface area contributed by atoms with Crippen LogP contribution >= 0.6 is 0 Å². The summed E-state index contributed by atoms with van der Waals surface area (Å²) < 4.78 is 26.4. The Morgan fingerprint density at radius 1 is 1.37 bits per heavy atom. The number of hydrogen-bond donors (Lipinski definition) is 1. The molecule has 3 nitrogen and oxygen atoms in total. The molecule has 1 amide bonds. The van der Waals surface area contributed by atoms with Gasteiger partial charge in [-0.05, 0) is 13.0 Å². The van der Waals surface area contributed by atoms with Crippen LogP contribution < -0.4 is 0 Å². The number of H-pyrrole nitrogens is 1. The summed E-state index contributed by atoms with van der Waals surface area (Å²) in [5.74, 6) is -3.07. The summed E-state index contributed by atoms with van der Waals surface area (Å²) in [7, 11) is 0. The van der Waals surface area contributed by atoms with E-state index in [4.69, 9.17) is 0 Å². The molecule has 1 saturated heterocycles. The van der Waals surface area contributed by atoms with Crippen LogP contribution in [0.2, 0.25) is 0 Å². The molecule has 0 unspecified atom stereocenters. The van der Waals surface area contributed by atoms with Gasteiger partial charge in [-0.15, -0.1) is 0 Å². The number of likely N-dealkylation sites (tertiary alicyclic amines) is 1. The van der Waals surface area contributed by atoms with Crippen molar-refractivity contribution in [2.24, 2.45) is 0 Å². The van der Waals surface area contributed by atoms with Crippen molar-refractivity contribution in [2.75, 3.05) is 13.1 Å². The summed E-state index contributed by atoms with van der Waals surface area (Å²) in [5, 5.41) is 0.792. The lowest BCUT2D eigenvalue weighted by Gasteiger charge is -2.16. The van der Waals surface area contributed by atoms with Crippen molar-refractivity contribution < 1.29 is 13.6 Å². The summed E-state index contributed by atoms with van der Waals surface area (Å²) >= 11 is 0. The highest BCUT2D eigenvalue weighted by molar-refractivity contribution is 6.08. The topological polar surface area (TPSA) is 36.1 Å². The molecule has 0 aliphatic carbocycles. The Morgan fingerprint density at radius 3 is 2.79 bits per heavy atom. The zero-order valence-corrected chi connectivity index (χ0v) is 10.5. The fourth-order valence-electron chi connectivity index (χ4n) is 2.62. The van der Waals surface area contributed by atoms with Gasteiger partial charge in [-0.1, -0.05) is 18.2 Å². The van der Waals surface area contributed by atoms with E-state index >= 15 is 0 Å². The minimum absolute atomic E-state index is 0.116. The predicted molar refractivity (Wildman–Crippen MR) is 68.5 cm³/mol. The number of carbonyl (C=O) groups excluding carboxylic acids is 1. The molecule has 1 aromatic heterocycles. The van der Waals surface area contributed by atoms with Crippen LogP contribution in [0.3, 0.4) is 0 Å². The van der Waals surface area contributed by atoms with Crippen LogP contribution in [0, 0.1) is 6.92 Å². The number of fused-ring (bicyclic) bond motifs is 1. The fraction of sp³-hybridized carbons (Fsp3) is 0.357. The molecule has 1 aliphatic heterocycles. The maximum atomic E-state index is 13.2. The number of nitrogens with zero attached hydrogens (tertiary/aromatic N) is 1. The first kappa shape index (κ1) is 12.1. The highest BCUT2D eigenvalue weighted by Gasteiger charge is 2.41. The van der Waals surface area contributed by atoms with Crippen molar-refractivity contribution in [3.05, 3.63) is 35.5 Å². The first-order chi connectivity index (χ1) is 8.98. The molecular formula is C14H14F2N2O. The van der Waals surface area contributed by atoms with Gasteiger partial charge in [0.25, 0.3) is 11.8 Å². The summed E-state index contributed by atoms with van der Waals surface area (Å²) in [5.41, 5.74) is 2.09. The second kappa shape index (κ2) is 4.05. The average Bonchev–Trinajstić information content (AvgIpc) is 2.87. The third-order valence-electron chi connectivity index (χ3n) is 3.56. The number of aromatic nitrogens is 1. The van der Waals surface area contributed by atoms with Crippen LogP contribution in [-0.2, 0) is 0 Å². The molecule has 0 radical (unpaired) electrons. The first-order valence-electron chi connectivity index (χ1n) is 6.22. The Morgan fingerprint density at radius 2 is 2.11 bits per heavy atom. The average molecular weight is 264 g/mol. The molecule has 100 valence electrons. The van der Waals surface area contributed by atoms with E-state index in [0.717, 1.165) is 16.6 Å². The van der Waals surface area contributed by atoms with Gasteiger partial charge in [0, 0.05) is 29.6 Å². The molecular weight excluding hydrogens is 250 g/mol. The van der Waals surface area contributed by atoms with E-state index in [1.54, 1.807) is 6.92 Å². The van der Waals surface area contributed by atoms with Crippen molar-refractivity contribution in [2.45, 2.75) is 19.3 Å². The van der Waals surface area contributed by atoms with Gasteiger partial charge in [-0.2, -0.15) is 0 Å². The maximum absolute atomic E-state index is 13.2. The standard InChI is InChI=1S/C14H14F2N2O/c1-9-12(10-4-2-3-5-11(10)17-9)13(19)18-7-6-14(15,16)8-18/h2-5,17H,6-8H2,1H3. The molecule has 0 atom stereocenters. The number of nitrogens with one attached hydrogen (secondary N) is 1. The molecule has 5 heteroatoms. The summed E-state index contributed by atoms with van der Waals surface area (Å²) in [6, 6.07) is 7.42. The van der Waals surface area contributed by atoms with E-state index < -0.39 is 12.5 Å². The summed E-state index contributed by atoms with van der Waals surface area (Å²) in [6.45, 7) is 1.43. The fourth-order valence-corrected chi connectivity index (χ4v) is 2.62. The Bertz CT molecular complexity index is 648. The minimum atomic E-state index is -2.75. The lowest BCUT2D eigenvalue weighted by molar-refractivity contribution is 0.0120. The van der Waals surface area contributed by atoms with Crippen LogP contribution in [0.15, 0.2) is 24.3 Å². The largest absolute Gasteiger partial charge is 0.358 e. The highest BCUT2D eigenvalue weighted by atomic mass is 19.3. The molecule has 3 rings (SSSR count). The molecule has 1 aromatic carbocycles. The summed E-state index contributed by atoms with van der Waals surface area (Å²) in [4.78, 5) is 16.8. The van der Waals surface area contributed by atoms with Crippen LogP contribution in [0.5, 0.6) is 0 Å². The Kier molecular flexibility index (Phi) is 2.59. The second-order valence-corrected chi connectivity index (χ2v) is 5.00. The molecule has 1 aliphatic rings. The van der Waals surface area contributed by atoms with Gasteiger partial charge in [-0.3, -0.25) is 4.79 Å². The number of amides is 1. The van der Waals surface area contributed by atoms with Gasteiger partial charge in [0.2, 0.25) is 0 Å². The van der Waals surface area contributed by atoms with E-state index in [9.17, 15) is 13.6 Å². The molecule has 0 bridgehead atoms. The molecule has 1 N–H and O–H groups in total. The monoisotopic (exact) mass is 264 g/mol. The van der Waals surface area contributed by atoms with Crippen LogP contribution in [0.4, 0.5) is 8.78 Å². The Labute approximate surface area is 109 Å². The smallest absolute Gasteiger partial charge is 0.267 e. The van der Waals surface area contributed by atoms with Crippen molar-refractivity contribution in [1.29, 1.82) is 0 Å². The SMILES string of the molecule is Cc1[nH]c2ccccc2c1C(=O)N1CCC(F)(F)C1. The first-order valence-corrected chi connectivity index (χ1v) is 6.22. The molecule has 1 fully saturated rings. The van der Waals surface area contributed by atoms with Gasteiger partial charge in [0.1, 0.15) is 0 Å². The second-order valence-electron chi connectivity index (χ2n) is 5.00. The van der Waals surface area contributed by atoms with E-state index in [-0.39, 0.29) is 18.9 Å². The number of halogens is 2. The Balaban J connectivity index is 2.01. The van der Waals surface area contributed by atoms with Crippen LogP contribution in [0.25, 0.3) is 10.9 Å². The predicted octanol–water partition coefficient (Wildman–Crippen LogP) is 2.96. The van der Waals surface area contributed by atoms with Crippen molar-refractivity contribution in [1.82, 2.24) is 9.88 Å². The molecule has 19 heavy (non-hydrogen) atoms. The molecule has 0 spiro atoms. The number of carbonyl (C=O) groups is 1. The lowest BCUT2D eigenvalue weighted by atomic mass is 10.1. The molecule has 0 saturated carbocycles. The third-order valence-corrected chi connectivity index (χ3v) is 3.56. The van der Waals surface area contributed by atoms with Crippen molar-refractivity contribution in [3.63, 3.8) is 0 Å². The zero-order chi connectivity index (χ0) is 13.6. The van der Waals surface area contributed by atoms with E-state index in [1.165, 1.54) is 4.90 Å². The van der Waals surface area contributed by atoms with Crippen LogP contribution in [0.1, 0.15) is 22.5 Å². The third kappa shape index (κ3) is 1.99. The molecule has 2 heterocycles. The number of aryl methyl sites for hydroxylation is 1. The van der Waals surface area contributed by atoms with Crippen LogP contribution in [-0.4, -0.2) is 34.8 Å². The lowest BCUT2D eigenvalue weighted by Crippen LogP contribution is -2.31. The van der Waals surface area contributed by atoms with Gasteiger partial charge in [0.05, 0.1) is 12.1 Å². The van der Waals surface area contributed by atoms with E-state index in [0.29, 0.717) is 5.56 Å². The van der Waals surface area contributed by atoms with Gasteiger partial charge >= 0.3 is 0 Å². The number of para-hydroxylation sites is 1. The summed E-state index contributed by atoms with van der Waals surface area (Å²) in [6.07, 6.45) is -0.250. The van der Waals surface area contributed by atoms with E-state index in [1.807, 2.05) is 24.3 Å². The number of rotatable bonds is 1. The van der Waals surface area contributed by atoms with Crippen molar-refractivity contribution >= 4 is 16.8 Å². The minimum Gasteiger partial charge on any atom is -0.358 e. The van der Waals surface area contributed by atoms with Gasteiger partial charge in [0.15, 0.2) is 0 Å². The number of hydrogen-bond acceptors (Lipinski definition) is 1. The number of aromatic amines is 1. The quantitative estimate of drug-likeness (QED) is 0.844. The normalized spacial score (nSPS) is 18.2. The van der Waals surface area contributed by atoms with Gasteiger partial charge < -0.3 is 9.88 Å². The maximum Gasteiger partial charge on any atom is 0.267 e. The van der Waals surface area contributed by atoms with Gasteiger partial charge in [-0.25, -0.2) is 8.78 Å². The Hall–Kier alpha value is -1.91. The van der Waals surface area contributed by atoms with Crippen molar-refractivity contribution in [3.8, 4) is 0 Å². The number of benzene rings is 1. The zero-order valence-electron chi connectivity index (χ0n) is 10.5. The number of alkyl halides is 2.